The van der Waals surface area contributed by atoms with Crippen molar-refractivity contribution in [3.8, 4) is 22.6 Å². The Bertz CT molecular complexity index is 889. The van der Waals surface area contributed by atoms with E-state index in [0.717, 1.165) is 27.6 Å². The van der Waals surface area contributed by atoms with E-state index >= 15 is 0 Å². The second-order valence-electron chi connectivity index (χ2n) is 4.98. The summed E-state index contributed by atoms with van der Waals surface area (Å²) in [6.07, 6.45) is 0. The highest BCUT2D eigenvalue weighted by molar-refractivity contribution is 7.15. The van der Waals surface area contributed by atoms with Gasteiger partial charge in [0.15, 0.2) is 5.82 Å². The Balaban J connectivity index is 1.84. The van der Waals surface area contributed by atoms with E-state index in [2.05, 4.69) is 58.8 Å². The smallest absolute Gasteiger partial charge is 0.203 e. The number of fused-ring (bicyclic) bond motifs is 1. The average Bonchev–Trinajstić information content (AvgIpc) is 3.09. The minimum Gasteiger partial charge on any atom is -0.203 e. The minimum absolute atomic E-state index is 0.777. The molecule has 2 aromatic heterocycles. The molecule has 0 saturated heterocycles. The molecule has 4 heteroatoms. The first-order chi connectivity index (χ1) is 10.3. The molecule has 4 rings (SSSR count). The van der Waals surface area contributed by atoms with Gasteiger partial charge in [0.1, 0.15) is 0 Å². The van der Waals surface area contributed by atoms with Gasteiger partial charge in [-0.15, -0.1) is 16.4 Å². The summed E-state index contributed by atoms with van der Waals surface area (Å²) in [5.41, 5.74) is 4.53. The van der Waals surface area contributed by atoms with E-state index in [-0.39, 0.29) is 0 Å². The second-order valence-corrected chi connectivity index (χ2v) is 5.82. The van der Waals surface area contributed by atoms with Crippen LogP contribution in [0.15, 0.2) is 60.0 Å². The first-order valence-electron chi connectivity index (χ1n) is 6.78. The summed E-state index contributed by atoms with van der Waals surface area (Å²) in [6, 6.07) is 18.6. The standard InChI is InChI=1S/C17H13N3S/c1-12-7-9-14(10-8-12)16-18-17-20(19-16)15(11-21-17)13-5-3-2-4-6-13/h2-11H,1H3. The number of hydrogen-bond donors (Lipinski definition) is 0. The van der Waals surface area contributed by atoms with Gasteiger partial charge >= 0.3 is 0 Å². The van der Waals surface area contributed by atoms with Crippen molar-refractivity contribution in [3.63, 3.8) is 0 Å². The molecule has 0 radical (unpaired) electrons. The van der Waals surface area contributed by atoms with Gasteiger partial charge in [-0.25, -0.2) is 4.52 Å². The van der Waals surface area contributed by atoms with Gasteiger partial charge in [-0.3, -0.25) is 0 Å². The third-order valence-corrected chi connectivity index (χ3v) is 4.28. The number of nitrogens with zero attached hydrogens (tertiary/aromatic N) is 3. The van der Waals surface area contributed by atoms with E-state index in [4.69, 9.17) is 0 Å². The van der Waals surface area contributed by atoms with Crippen molar-refractivity contribution in [2.75, 3.05) is 0 Å². The van der Waals surface area contributed by atoms with Crippen LogP contribution in [-0.4, -0.2) is 14.6 Å². The zero-order valence-corrected chi connectivity index (χ0v) is 12.3. The largest absolute Gasteiger partial charge is 0.213 e. The van der Waals surface area contributed by atoms with Crippen LogP contribution in [0.3, 0.4) is 0 Å². The fraction of sp³-hybridized carbons (Fsp3) is 0.0588. The van der Waals surface area contributed by atoms with Gasteiger partial charge in [-0.2, -0.15) is 4.98 Å². The van der Waals surface area contributed by atoms with Crippen molar-refractivity contribution in [2.24, 2.45) is 0 Å². The Hall–Kier alpha value is -2.46. The Morgan fingerprint density at radius 3 is 2.43 bits per heavy atom. The normalized spacial score (nSPS) is 11.1. The highest BCUT2D eigenvalue weighted by atomic mass is 32.1. The van der Waals surface area contributed by atoms with Gasteiger partial charge in [-0.05, 0) is 6.92 Å². The molecule has 0 aliphatic carbocycles. The number of aryl methyl sites for hydroxylation is 1. The predicted octanol–water partition coefficient (Wildman–Crippen LogP) is 4.43. The highest BCUT2D eigenvalue weighted by Gasteiger charge is 2.12. The molecule has 21 heavy (non-hydrogen) atoms. The molecule has 4 aromatic rings. The zero-order valence-electron chi connectivity index (χ0n) is 11.5. The van der Waals surface area contributed by atoms with Crippen LogP contribution in [0, 0.1) is 6.92 Å². The van der Waals surface area contributed by atoms with Gasteiger partial charge in [-0.1, -0.05) is 60.2 Å². The van der Waals surface area contributed by atoms with Crippen LogP contribution in [0.2, 0.25) is 0 Å². The third kappa shape index (κ3) is 2.14. The lowest BCUT2D eigenvalue weighted by atomic mass is 10.1. The summed E-state index contributed by atoms with van der Waals surface area (Å²) < 4.78 is 1.93. The first kappa shape index (κ1) is 12.3. The van der Waals surface area contributed by atoms with E-state index in [1.807, 2.05) is 22.7 Å². The molecule has 0 aliphatic heterocycles. The molecular formula is C17H13N3S. The van der Waals surface area contributed by atoms with E-state index in [1.165, 1.54) is 5.56 Å². The van der Waals surface area contributed by atoms with Crippen LogP contribution in [0.1, 0.15) is 5.56 Å². The SMILES string of the molecule is Cc1ccc(-c2nc3scc(-c4ccccc4)n3n2)cc1. The van der Waals surface area contributed by atoms with Crippen molar-refractivity contribution < 1.29 is 0 Å². The van der Waals surface area contributed by atoms with Crippen LogP contribution in [0.25, 0.3) is 27.6 Å². The molecule has 0 spiro atoms. The van der Waals surface area contributed by atoms with Crippen LogP contribution >= 0.6 is 11.3 Å². The Morgan fingerprint density at radius 1 is 0.905 bits per heavy atom. The lowest BCUT2D eigenvalue weighted by molar-refractivity contribution is 0.989. The summed E-state index contributed by atoms with van der Waals surface area (Å²) >= 11 is 1.62. The fourth-order valence-electron chi connectivity index (χ4n) is 2.31. The summed E-state index contributed by atoms with van der Waals surface area (Å²) in [4.78, 5) is 5.55. The van der Waals surface area contributed by atoms with Crippen LogP contribution in [0.5, 0.6) is 0 Å². The molecule has 0 saturated carbocycles. The molecule has 0 aliphatic rings. The van der Waals surface area contributed by atoms with E-state index in [9.17, 15) is 0 Å². The number of thiazole rings is 1. The Labute approximate surface area is 126 Å². The number of aromatic nitrogens is 3. The molecule has 2 heterocycles. The molecule has 3 nitrogen and oxygen atoms in total. The predicted molar refractivity (Wildman–Crippen MR) is 86.5 cm³/mol. The second kappa shape index (κ2) is 4.82. The molecule has 0 unspecified atom stereocenters. The van der Waals surface area contributed by atoms with E-state index in [1.54, 1.807) is 11.3 Å². The zero-order chi connectivity index (χ0) is 14.2. The lowest BCUT2D eigenvalue weighted by Crippen LogP contribution is -1.88. The van der Waals surface area contributed by atoms with E-state index in [0.29, 0.717) is 0 Å². The molecular weight excluding hydrogens is 278 g/mol. The van der Waals surface area contributed by atoms with Gasteiger partial charge in [0.05, 0.1) is 5.69 Å². The number of benzene rings is 2. The maximum Gasteiger partial charge on any atom is 0.213 e. The Morgan fingerprint density at radius 2 is 1.67 bits per heavy atom. The number of hydrogen-bond acceptors (Lipinski definition) is 3. The van der Waals surface area contributed by atoms with Crippen molar-refractivity contribution in [1.29, 1.82) is 0 Å². The van der Waals surface area contributed by atoms with Crippen molar-refractivity contribution in [3.05, 3.63) is 65.5 Å². The highest BCUT2D eigenvalue weighted by Crippen LogP contribution is 2.27. The van der Waals surface area contributed by atoms with Crippen molar-refractivity contribution in [1.82, 2.24) is 14.6 Å². The Kier molecular flexibility index (Phi) is 2.82. The van der Waals surface area contributed by atoms with Crippen molar-refractivity contribution >= 4 is 16.3 Å². The molecule has 102 valence electrons. The molecule has 0 amide bonds. The third-order valence-electron chi connectivity index (χ3n) is 3.46. The maximum absolute atomic E-state index is 4.66. The average molecular weight is 291 g/mol. The molecule has 0 fully saturated rings. The lowest BCUT2D eigenvalue weighted by Gasteiger charge is -1.98. The van der Waals surface area contributed by atoms with Gasteiger partial charge in [0.2, 0.25) is 4.96 Å². The van der Waals surface area contributed by atoms with Crippen LogP contribution < -0.4 is 0 Å². The summed E-state index contributed by atoms with van der Waals surface area (Å²) in [5.74, 6) is 0.777. The number of rotatable bonds is 2. The molecule has 0 atom stereocenters. The van der Waals surface area contributed by atoms with Crippen LogP contribution in [-0.2, 0) is 0 Å². The molecule has 2 aromatic carbocycles. The quantitative estimate of drug-likeness (QED) is 0.547. The van der Waals surface area contributed by atoms with Gasteiger partial charge in [0, 0.05) is 16.5 Å². The van der Waals surface area contributed by atoms with E-state index < -0.39 is 0 Å². The summed E-state index contributed by atoms with van der Waals surface area (Å²) in [5, 5.41) is 6.77. The van der Waals surface area contributed by atoms with Gasteiger partial charge < -0.3 is 0 Å². The maximum atomic E-state index is 4.66. The summed E-state index contributed by atoms with van der Waals surface area (Å²) in [7, 11) is 0. The monoisotopic (exact) mass is 291 g/mol. The topological polar surface area (TPSA) is 30.2 Å². The summed E-state index contributed by atoms with van der Waals surface area (Å²) in [6.45, 7) is 2.08. The van der Waals surface area contributed by atoms with Gasteiger partial charge in [0.25, 0.3) is 0 Å². The first-order valence-corrected chi connectivity index (χ1v) is 7.66. The van der Waals surface area contributed by atoms with Crippen LogP contribution in [0.4, 0.5) is 0 Å². The van der Waals surface area contributed by atoms with Crippen molar-refractivity contribution in [2.45, 2.75) is 6.92 Å². The fourth-order valence-corrected chi connectivity index (χ4v) is 3.14. The minimum atomic E-state index is 0.777. The molecule has 0 bridgehead atoms. The molecule has 0 N–H and O–H groups in total.